The van der Waals surface area contributed by atoms with Crippen LogP contribution in [0.15, 0.2) is 0 Å². The molecule has 6 heteroatoms. The molecule has 0 saturated heterocycles. The first-order chi connectivity index (χ1) is 9.30. The van der Waals surface area contributed by atoms with Crippen LogP contribution in [-0.4, -0.2) is 22.0 Å². The van der Waals surface area contributed by atoms with Gasteiger partial charge in [-0.25, -0.2) is 0 Å². The minimum atomic E-state index is -4.10. The second-order valence-corrected chi connectivity index (χ2v) is 5.69. The second-order valence-electron chi connectivity index (χ2n) is 5.69. The molecule has 20 heavy (non-hydrogen) atoms. The molecule has 0 aliphatic heterocycles. The largest absolute Gasteiger partial charge is 0.393 e. The maximum atomic E-state index is 13.0. The Labute approximate surface area is 117 Å². The molecule has 1 saturated carbocycles. The highest BCUT2D eigenvalue weighted by molar-refractivity contribution is 5.24. The van der Waals surface area contributed by atoms with Crippen LogP contribution in [0.3, 0.4) is 0 Å². The fourth-order valence-electron chi connectivity index (χ4n) is 3.07. The third kappa shape index (κ3) is 3.16. The first-order valence-corrected chi connectivity index (χ1v) is 7.10. The van der Waals surface area contributed by atoms with Gasteiger partial charge in [0.25, 0.3) is 0 Å². The van der Waals surface area contributed by atoms with Crippen molar-refractivity contribution < 1.29 is 13.2 Å². The van der Waals surface area contributed by atoms with Gasteiger partial charge in [-0.05, 0) is 26.7 Å². The van der Waals surface area contributed by atoms with Crippen LogP contribution in [0.25, 0.3) is 0 Å². The van der Waals surface area contributed by atoms with E-state index < -0.39 is 18.1 Å². The predicted molar refractivity (Wildman–Crippen MR) is 71.3 cm³/mol. The standard InChI is InChI=1S/C14H22F3N3/c1-9-11(10(2)20(3)19-9)8-18-13-7-5-4-6-12(13)14(15,16)17/h12-13,18H,4-8H2,1-3H3. The smallest absolute Gasteiger partial charge is 0.309 e. The molecule has 0 radical (unpaired) electrons. The van der Waals surface area contributed by atoms with Crippen LogP contribution in [0.5, 0.6) is 0 Å². The van der Waals surface area contributed by atoms with Gasteiger partial charge in [-0.2, -0.15) is 18.3 Å². The van der Waals surface area contributed by atoms with E-state index >= 15 is 0 Å². The molecule has 1 N–H and O–H groups in total. The van der Waals surface area contributed by atoms with Crippen molar-refractivity contribution >= 4 is 0 Å². The van der Waals surface area contributed by atoms with Crippen molar-refractivity contribution in [3.05, 3.63) is 17.0 Å². The summed E-state index contributed by atoms with van der Waals surface area (Å²) in [5.74, 6) is -1.21. The molecule has 1 aliphatic carbocycles. The molecule has 1 aromatic heterocycles. The van der Waals surface area contributed by atoms with Gasteiger partial charge < -0.3 is 5.32 Å². The number of halogens is 3. The summed E-state index contributed by atoms with van der Waals surface area (Å²) in [6.07, 6.45) is -1.71. The van der Waals surface area contributed by atoms with Crippen molar-refractivity contribution in [3.63, 3.8) is 0 Å². The molecular weight excluding hydrogens is 267 g/mol. The summed E-state index contributed by atoms with van der Waals surface area (Å²) < 4.78 is 40.8. The molecule has 1 aromatic rings. The summed E-state index contributed by atoms with van der Waals surface area (Å²) in [7, 11) is 1.85. The zero-order valence-corrected chi connectivity index (χ0v) is 12.2. The number of hydrogen-bond acceptors (Lipinski definition) is 2. The van der Waals surface area contributed by atoms with Crippen molar-refractivity contribution in [3.8, 4) is 0 Å². The maximum absolute atomic E-state index is 13.0. The molecule has 0 spiro atoms. The molecule has 2 rings (SSSR count). The summed E-state index contributed by atoms with van der Waals surface area (Å²) in [5, 5.41) is 7.41. The minimum absolute atomic E-state index is 0.242. The van der Waals surface area contributed by atoms with Gasteiger partial charge in [-0.15, -0.1) is 0 Å². The van der Waals surface area contributed by atoms with Gasteiger partial charge in [0.1, 0.15) is 0 Å². The second kappa shape index (κ2) is 5.76. The fraction of sp³-hybridized carbons (Fsp3) is 0.786. The Morgan fingerprint density at radius 2 is 1.90 bits per heavy atom. The Kier molecular flexibility index (Phi) is 4.42. The monoisotopic (exact) mass is 289 g/mol. The molecule has 1 fully saturated rings. The summed E-state index contributed by atoms with van der Waals surface area (Å²) >= 11 is 0. The Balaban J connectivity index is 2.05. The molecule has 1 aliphatic rings. The predicted octanol–water partition coefficient (Wildman–Crippen LogP) is 3.25. The normalized spacial score (nSPS) is 24.1. The molecule has 0 bridgehead atoms. The van der Waals surface area contributed by atoms with E-state index in [1.165, 1.54) is 0 Å². The number of aryl methyl sites for hydroxylation is 2. The van der Waals surface area contributed by atoms with E-state index in [0.717, 1.165) is 23.4 Å². The SMILES string of the molecule is Cc1nn(C)c(C)c1CNC1CCCCC1C(F)(F)F. The van der Waals surface area contributed by atoms with Crippen molar-refractivity contribution in [2.45, 2.75) is 58.3 Å². The van der Waals surface area contributed by atoms with Crippen LogP contribution in [0, 0.1) is 19.8 Å². The summed E-state index contributed by atoms with van der Waals surface area (Å²) in [4.78, 5) is 0. The number of hydrogen-bond donors (Lipinski definition) is 1. The number of alkyl halides is 3. The quantitative estimate of drug-likeness (QED) is 0.925. The molecular formula is C14H22F3N3. The molecule has 3 nitrogen and oxygen atoms in total. The van der Waals surface area contributed by atoms with Gasteiger partial charge in [-0.3, -0.25) is 4.68 Å². The maximum Gasteiger partial charge on any atom is 0.393 e. The van der Waals surface area contributed by atoms with Crippen LogP contribution < -0.4 is 5.32 Å². The number of nitrogens with one attached hydrogen (secondary N) is 1. The first-order valence-electron chi connectivity index (χ1n) is 7.10. The molecule has 2 atom stereocenters. The van der Waals surface area contributed by atoms with E-state index in [-0.39, 0.29) is 6.42 Å². The average molecular weight is 289 g/mol. The zero-order chi connectivity index (χ0) is 14.9. The Bertz CT molecular complexity index is 465. The number of nitrogens with zero attached hydrogens (tertiary/aromatic N) is 2. The lowest BCUT2D eigenvalue weighted by Gasteiger charge is -2.33. The third-order valence-electron chi connectivity index (χ3n) is 4.39. The van der Waals surface area contributed by atoms with E-state index in [1.807, 2.05) is 20.9 Å². The van der Waals surface area contributed by atoms with Gasteiger partial charge in [0.05, 0.1) is 11.6 Å². The van der Waals surface area contributed by atoms with Crippen LogP contribution in [0.2, 0.25) is 0 Å². The highest BCUT2D eigenvalue weighted by Crippen LogP contribution is 2.37. The highest BCUT2D eigenvalue weighted by atomic mass is 19.4. The molecule has 0 amide bonds. The van der Waals surface area contributed by atoms with Crippen molar-refractivity contribution in [2.75, 3.05) is 0 Å². The van der Waals surface area contributed by atoms with Crippen LogP contribution >= 0.6 is 0 Å². The van der Waals surface area contributed by atoms with Gasteiger partial charge in [0.15, 0.2) is 0 Å². The van der Waals surface area contributed by atoms with Gasteiger partial charge >= 0.3 is 6.18 Å². The van der Waals surface area contributed by atoms with E-state index in [9.17, 15) is 13.2 Å². The third-order valence-corrected chi connectivity index (χ3v) is 4.39. The van der Waals surface area contributed by atoms with Crippen molar-refractivity contribution in [2.24, 2.45) is 13.0 Å². The lowest BCUT2D eigenvalue weighted by Crippen LogP contribution is -2.45. The highest BCUT2D eigenvalue weighted by Gasteiger charge is 2.45. The minimum Gasteiger partial charge on any atom is -0.309 e. The zero-order valence-electron chi connectivity index (χ0n) is 12.2. The van der Waals surface area contributed by atoms with E-state index in [2.05, 4.69) is 10.4 Å². The van der Waals surface area contributed by atoms with Crippen LogP contribution in [-0.2, 0) is 13.6 Å². The summed E-state index contributed by atoms with van der Waals surface area (Å²) in [5.41, 5.74) is 2.91. The van der Waals surface area contributed by atoms with Gasteiger partial charge in [-0.1, -0.05) is 12.8 Å². The van der Waals surface area contributed by atoms with Gasteiger partial charge in [0, 0.05) is 30.9 Å². The lowest BCUT2D eigenvalue weighted by atomic mass is 9.84. The Hall–Kier alpha value is -1.04. The molecule has 0 aromatic carbocycles. The Morgan fingerprint density at radius 1 is 1.25 bits per heavy atom. The summed E-state index contributed by atoms with van der Waals surface area (Å²) in [6.45, 7) is 4.30. The van der Waals surface area contributed by atoms with E-state index in [0.29, 0.717) is 19.4 Å². The molecule has 114 valence electrons. The van der Waals surface area contributed by atoms with Gasteiger partial charge in [0.2, 0.25) is 0 Å². The topological polar surface area (TPSA) is 29.9 Å². The van der Waals surface area contributed by atoms with Crippen molar-refractivity contribution in [1.82, 2.24) is 15.1 Å². The van der Waals surface area contributed by atoms with E-state index in [4.69, 9.17) is 0 Å². The molecule has 1 heterocycles. The van der Waals surface area contributed by atoms with Crippen LogP contribution in [0.4, 0.5) is 13.2 Å². The lowest BCUT2D eigenvalue weighted by molar-refractivity contribution is -0.189. The Morgan fingerprint density at radius 3 is 2.45 bits per heavy atom. The fourth-order valence-corrected chi connectivity index (χ4v) is 3.07. The first kappa shape index (κ1) is 15.4. The number of aromatic nitrogens is 2. The molecule has 2 unspecified atom stereocenters. The average Bonchev–Trinajstić information content (AvgIpc) is 2.60. The summed E-state index contributed by atoms with van der Waals surface area (Å²) in [6, 6.07) is -0.470. The van der Waals surface area contributed by atoms with E-state index in [1.54, 1.807) is 4.68 Å². The van der Waals surface area contributed by atoms with Crippen LogP contribution in [0.1, 0.15) is 42.6 Å². The van der Waals surface area contributed by atoms with Crippen molar-refractivity contribution in [1.29, 1.82) is 0 Å². The number of rotatable bonds is 3.